The molecule has 0 bridgehead atoms. The van der Waals surface area contributed by atoms with Gasteiger partial charge in [0.1, 0.15) is 5.60 Å². The smallest absolute Gasteiger partial charge is 0.416 e. The maximum atomic E-state index is 16.2. The molecule has 1 spiro atoms. The van der Waals surface area contributed by atoms with E-state index in [0.717, 1.165) is 48.8 Å². The first-order valence-corrected chi connectivity index (χ1v) is 15.0. The van der Waals surface area contributed by atoms with Gasteiger partial charge in [0.05, 0.1) is 18.6 Å². The lowest BCUT2D eigenvalue weighted by Crippen LogP contribution is -2.50. The molecule has 0 amide bonds. The Morgan fingerprint density at radius 1 is 1.02 bits per heavy atom. The molecule has 3 atom stereocenters. The van der Waals surface area contributed by atoms with Crippen LogP contribution in [-0.4, -0.2) is 36.7 Å². The Bertz CT molecular complexity index is 1310. The van der Waals surface area contributed by atoms with Crippen LogP contribution in [-0.2, 0) is 22.1 Å². The molecule has 2 aromatic rings. The van der Waals surface area contributed by atoms with E-state index < -0.39 is 23.3 Å². The summed E-state index contributed by atoms with van der Waals surface area (Å²) in [5.74, 6) is -0.458. The van der Waals surface area contributed by atoms with Gasteiger partial charge in [0.15, 0.2) is 11.6 Å². The van der Waals surface area contributed by atoms with Gasteiger partial charge in [-0.3, -0.25) is 9.69 Å². The van der Waals surface area contributed by atoms with E-state index in [4.69, 9.17) is 9.47 Å². The summed E-state index contributed by atoms with van der Waals surface area (Å²) in [4.78, 5) is 14.6. The fourth-order valence-electron chi connectivity index (χ4n) is 7.27. The summed E-state index contributed by atoms with van der Waals surface area (Å²) >= 11 is 0. The van der Waals surface area contributed by atoms with Gasteiger partial charge in [0.25, 0.3) is 0 Å². The Morgan fingerprint density at radius 2 is 1.73 bits per heavy atom. The summed E-state index contributed by atoms with van der Waals surface area (Å²) in [6.07, 6.45) is 2.47. The molecule has 3 unspecified atom stereocenters. The molecule has 6 rings (SSSR count). The highest BCUT2D eigenvalue weighted by Crippen LogP contribution is 2.51. The minimum Gasteiger partial charge on any atom is -0.484 e. The number of halogens is 4. The van der Waals surface area contributed by atoms with Crippen LogP contribution in [0.1, 0.15) is 104 Å². The van der Waals surface area contributed by atoms with Crippen molar-refractivity contribution < 1.29 is 31.8 Å². The number of aryl methyl sites for hydroxylation is 1. The standard InChI is InChI=1S/C33H39F4NO3/c1-19(31(39)40-3)28(22-6-7-22)26-10-8-23-12-13-32(41-30(23)29(26)34)14-16-38(17-15-32)20(2)27-18-24(33(35,36)37)9-11-25(27)21-4-5-21/h8-11,18-22,28H,4-7,12-17H2,1-3H3. The Labute approximate surface area is 239 Å². The molecule has 2 heterocycles. The third-order valence-corrected chi connectivity index (χ3v) is 10.1. The van der Waals surface area contributed by atoms with Crippen LogP contribution in [0.5, 0.6) is 5.75 Å². The molecule has 2 saturated carbocycles. The molecule has 0 radical (unpaired) electrons. The first-order chi connectivity index (χ1) is 19.5. The van der Waals surface area contributed by atoms with Gasteiger partial charge in [0, 0.05) is 25.0 Å². The molecule has 41 heavy (non-hydrogen) atoms. The van der Waals surface area contributed by atoms with Gasteiger partial charge in [-0.05, 0) is 105 Å². The lowest BCUT2D eigenvalue weighted by molar-refractivity contribution is -0.145. The number of likely N-dealkylation sites (tertiary alicyclic amines) is 1. The minimum atomic E-state index is -4.37. The van der Waals surface area contributed by atoms with Crippen molar-refractivity contribution in [3.63, 3.8) is 0 Å². The van der Waals surface area contributed by atoms with E-state index in [1.807, 2.05) is 26.0 Å². The van der Waals surface area contributed by atoms with Crippen molar-refractivity contribution in [2.75, 3.05) is 20.2 Å². The largest absolute Gasteiger partial charge is 0.484 e. The van der Waals surface area contributed by atoms with Crippen LogP contribution >= 0.6 is 0 Å². The molecule has 2 aliphatic carbocycles. The summed E-state index contributed by atoms with van der Waals surface area (Å²) in [6, 6.07) is 7.86. The van der Waals surface area contributed by atoms with E-state index in [2.05, 4.69) is 4.90 Å². The second-order valence-corrected chi connectivity index (χ2v) is 12.7. The molecule has 0 N–H and O–H groups in total. The fourth-order valence-corrected chi connectivity index (χ4v) is 7.27. The number of nitrogens with zero attached hydrogens (tertiary/aromatic N) is 1. The average Bonchev–Trinajstić information content (AvgIpc) is 3.88. The molecule has 1 saturated heterocycles. The minimum absolute atomic E-state index is 0.149. The number of carbonyl (C=O) groups is 1. The van der Waals surface area contributed by atoms with Crippen LogP contribution in [0.3, 0.4) is 0 Å². The Hall–Kier alpha value is -2.61. The van der Waals surface area contributed by atoms with Crippen molar-refractivity contribution in [2.24, 2.45) is 11.8 Å². The number of piperidine rings is 1. The molecule has 2 aromatic carbocycles. The summed E-state index contributed by atoms with van der Waals surface area (Å²) in [6.45, 7) is 5.15. The third kappa shape index (κ3) is 5.49. The number of fused-ring (bicyclic) bond motifs is 1. The number of benzene rings is 2. The zero-order chi connectivity index (χ0) is 29.1. The van der Waals surface area contributed by atoms with Gasteiger partial charge in [-0.15, -0.1) is 0 Å². The predicted molar refractivity (Wildman–Crippen MR) is 147 cm³/mol. The van der Waals surface area contributed by atoms with Crippen molar-refractivity contribution in [3.05, 3.63) is 64.0 Å². The number of hydrogen-bond donors (Lipinski definition) is 0. The summed E-state index contributed by atoms with van der Waals surface area (Å²) in [5.41, 5.74) is 2.10. The first kappa shape index (κ1) is 28.5. The number of ether oxygens (including phenoxy) is 2. The summed E-state index contributed by atoms with van der Waals surface area (Å²) in [7, 11) is 1.37. The zero-order valence-electron chi connectivity index (χ0n) is 24.0. The molecule has 222 valence electrons. The number of esters is 1. The van der Waals surface area contributed by atoms with Crippen molar-refractivity contribution in [1.29, 1.82) is 0 Å². The van der Waals surface area contributed by atoms with E-state index in [-0.39, 0.29) is 29.7 Å². The highest BCUT2D eigenvalue weighted by atomic mass is 19.4. The van der Waals surface area contributed by atoms with E-state index in [1.165, 1.54) is 19.2 Å². The van der Waals surface area contributed by atoms with Gasteiger partial charge in [-0.1, -0.05) is 25.1 Å². The van der Waals surface area contributed by atoms with E-state index in [9.17, 15) is 18.0 Å². The Balaban J connectivity index is 1.20. The highest BCUT2D eigenvalue weighted by molar-refractivity contribution is 5.73. The van der Waals surface area contributed by atoms with Crippen LogP contribution < -0.4 is 4.74 Å². The monoisotopic (exact) mass is 573 g/mol. The van der Waals surface area contributed by atoms with Gasteiger partial charge < -0.3 is 9.47 Å². The van der Waals surface area contributed by atoms with Crippen molar-refractivity contribution in [1.82, 2.24) is 4.90 Å². The molecular formula is C33H39F4NO3. The van der Waals surface area contributed by atoms with Crippen molar-refractivity contribution >= 4 is 5.97 Å². The van der Waals surface area contributed by atoms with Gasteiger partial charge in [0.2, 0.25) is 0 Å². The summed E-state index contributed by atoms with van der Waals surface area (Å²) in [5, 5.41) is 0. The lowest BCUT2D eigenvalue weighted by atomic mass is 9.79. The van der Waals surface area contributed by atoms with Gasteiger partial charge in [-0.25, -0.2) is 4.39 Å². The normalized spacial score (nSPS) is 22.9. The maximum Gasteiger partial charge on any atom is 0.416 e. The maximum absolute atomic E-state index is 16.2. The van der Waals surface area contributed by atoms with E-state index in [0.29, 0.717) is 49.6 Å². The fraction of sp³-hybridized carbons (Fsp3) is 0.606. The van der Waals surface area contributed by atoms with E-state index in [1.54, 1.807) is 6.07 Å². The SMILES string of the molecule is COC(=O)C(C)C(c1ccc2c(c1F)OC1(CC2)CCN(C(C)c2cc(C(F)(F)F)ccc2C2CC2)CC1)C1CC1. The van der Waals surface area contributed by atoms with Crippen molar-refractivity contribution in [3.8, 4) is 5.75 Å². The molecule has 4 nitrogen and oxygen atoms in total. The number of hydrogen-bond acceptors (Lipinski definition) is 4. The Morgan fingerprint density at radius 3 is 2.34 bits per heavy atom. The quantitative estimate of drug-likeness (QED) is 0.249. The topological polar surface area (TPSA) is 38.8 Å². The molecular weight excluding hydrogens is 534 g/mol. The molecule has 0 aromatic heterocycles. The van der Waals surface area contributed by atoms with Gasteiger partial charge in [-0.2, -0.15) is 13.2 Å². The van der Waals surface area contributed by atoms with Crippen LogP contribution in [0.4, 0.5) is 17.6 Å². The van der Waals surface area contributed by atoms with E-state index >= 15 is 4.39 Å². The van der Waals surface area contributed by atoms with Crippen LogP contribution in [0.2, 0.25) is 0 Å². The summed E-state index contributed by atoms with van der Waals surface area (Å²) < 4.78 is 68.4. The highest BCUT2D eigenvalue weighted by Gasteiger charge is 2.45. The molecule has 2 aliphatic heterocycles. The van der Waals surface area contributed by atoms with Crippen LogP contribution in [0, 0.1) is 17.7 Å². The van der Waals surface area contributed by atoms with Crippen molar-refractivity contribution in [2.45, 2.75) is 94.9 Å². The molecule has 3 fully saturated rings. The lowest BCUT2D eigenvalue weighted by Gasteiger charge is -2.46. The second kappa shape index (κ2) is 10.6. The first-order valence-electron chi connectivity index (χ1n) is 15.0. The second-order valence-electron chi connectivity index (χ2n) is 12.7. The molecule has 8 heteroatoms. The zero-order valence-corrected chi connectivity index (χ0v) is 24.0. The Kier molecular flexibility index (Phi) is 7.36. The third-order valence-electron chi connectivity index (χ3n) is 10.1. The average molecular weight is 574 g/mol. The van der Waals surface area contributed by atoms with Crippen LogP contribution in [0.25, 0.3) is 0 Å². The molecule has 4 aliphatic rings. The van der Waals surface area contributed by atoms with Gasteiger partial charge >= 0.3 is 12.1 Å². The predicted octanol–water partition coefficient (Wildman–Crippen LogP) is 7.95. The van der Waals surface area contributed by atoms with Crippen LogP contribution in [0.15, 0.2) is 30.3 Å². The number of alkyl halides is 3. The number of carbonyl (C=O) groups excluding carboxylic acids is 1. The number of methoxy groups -OCH3 is 1. The number of rotatable bonds is 7.